The van der Waals surface area contributed by atoms with Crippen molar-refractivity contribution in [3.8, 4) is 0 Å². The van der Waals surface area contributed by atoms with Gasteiger partial charge in [-0.2, -0.15) is 0 Å². The van der Waals surface area contributed by atoms with Gasteiger partial charge in [-0.3, -0.25) is 0 Å². The van der Waals surface area contributed by atoms with Gasteiger partial charge in [0.15, 0.2) is 0 Å². The number of fused-ring (bicyclic) bond motifs is 10. The molecule has 212 valence electrons. The van der Waals surface area contributed by atoms with Crippen molar-refractivity contribution < 1.29 is 0 Å². The first kappa shape index (κ1) is 26.4. The molecule has 1 N–H and O–H groups in total. The fourth-order valence-electron chi connectivity index (χ4n) is 13.3. The van der Waals surface area contributed by atoms with Crippen molar-refractivity contribution in [1.29, 1.82) is 0 Å². The first-order valence-electron chi connectivity index (χ1n) is 16.5. The Morgan fingerprint density at radius 1 is 0.821 bits per heavy atom. The minimum absolute atomic E-state index is 0.182. The lowest BCUT2D eigenvalue weighted by Crippen LogP contribution is -2.66. The zero-order valence-electron chi connectivity index (χ0n) is 26.6. The number of hydrogen-bond donors (Lipinski definition) is 1. The number of H-pyrrole nitrogens is 1. The number of benzene rings is 1. The molecule has 1 nitrogen and oxygen atoms in total. The van der Waals surface area contributed by atoms with Gasteiger partial charge in [0.1, 0.15) is 0 Å². The number of allylic oxidation sites excluding steroid dienone is 1. The number of aromatic amines is 1. The van der Waals surface area contributed by atoms with E-state index < -0.39 is 0 Å². The van der Waals surface area contributed by atoms with Crippen LogP contribution in [0.2, 0.25) is 0 Å². The van der Waals surface area contributed by atoms with Crippen molar-refractivity contribution in [3.05, 3.63) is 46.7 Å². The summed E-state index contributed by atoms with van der Waals surface area (Å²) >= 11 is 0. The molecule has 1 aromatic heterocycles. The predicted molar refractivity (Wildman–Crippen MR) is 166 cm³/mol. The fourth-order valence-corrected chi connectivity index (χ4v) is 13.3. The fraction of sp³-hybridized carbons (Fsp3) is 0.737. The third-order valence-corrected chi connectivity index (χ3v) is 15.3. The maximum absolute atomic E-state index is 4.55. The Hall–Kier alpha value is -1.50. The Morgan fingerprint density at radius 2 is 1.54 bits per heavy atom. The van der Waals surface area contributed by atoms with Crippen molar-refractivity contribution in [2.24, 2.45) is 51.2 Å². The minimum atomic E-state index is 0.182. The van der Waals surface area contributed by atoms with Crippen LogP contribution in [0.5, 0.6) is 0 Å². The van der Waals surface area contributed by atoms with Crippen LogP contribution in [0.3, 0.4) is 0 Å². The third kappa shape index (κ3) is 3.04. The summed E-state index contributed by atoms with van der Waals surface area (Å²) in [5.74, 6) is 4.02. The average molecular weight is 526 g/mol. The van der Waals surface area contributed by atoms with E-state index in [2.05, 4.69) is 86.0 Å². The van der Waals surface area contributed by atoms with Gasteiger partial charge in [0.05, 0.1) is 0 Å². The summed E-state index contributed by atoms with van der Waals surface area (Å²) in [7, 11) is 0. The number of nitrogens with one attached hydrogen (secondary N) is 1. The molecule has 5 aliphatic rings. The Balaban J connectivity index is 1.35. The zero-order chi connectivity index (χ0) is 27.9. The van der Waals surface area contributed by atoms with E-state index in [0.29, 0.717) is 21.7 Å². The molecular formula is C38H55N. The van der Waals surface area contributed by atoms with E-state index >= 15 is 0 Å². The van der Waals surface area contributed by atoms with Gasteiger partial charge in [-0.05, 0) is 146 Å². The summed E-state index contributed by atoms with van der Waals surface area (Å²) in [6, 6.07) is 4.68. The highest BCUT2D eigenvalue weighted by Gasteiger charge is 2.70. The molecular weight excluding hydrogens is 470 g/mol. The van der Waals surface area contributed by atoms with Gasteiger partial charge in [-0.15, -0.1) is 0 Å². The third-order valence-electron chi connectivity index (χ3n) is 15.3. The maximum Gasteiger partial charge on any atom is 0.0491 e. The highest BCUT2D eigenvalue weighted by Crippen LogP contribution is 2.77. The van der Waals surface area contributed by atoms with Crippen LogP contribution in [0.1, 0.15) is 122 Å². The molecule has 1 aromatic carbocycles. The van der Waals surface area contributed by atoms with Crippen LogP contribution in [0.25, 0.3) is 10.9 Å². The van der Waals surface area contributed by atoms with Gasteiger partial charge in [-0.25, -0.2) is 0 Å². The minimum Gasteiger partial charge on any atom is -0.357 e. The van der Waals surface area contributed by atoms with E-state index in [1.165, 1.54) is 80.0 Å². The quantitative estimate of drug-likeness (QED) is 0.356. The lowest BCUT2D eigenvalue weighted by Gasteiger charge is -2.72. The highest BCUT2D eigenvalue weighted by atomic mass is 14.8. The van der Waals surface area contributed by atoms with Crippen LogP contribution in [0, 0.1) is 65.1 Å². The summed E-state index contributed by atoms with van der Waals surface area (Å²) in [6.45, 7) is 27.7. The molecule has 0 amide bonds. The summed E-state index contributed by atoms with van der Waals surface area (Å²) in [5.41, 5.74) is 10.9. The van der Waals surface area contributed by atoms with Crippen LogP contribution in [0.15, 0.2) is 24.3 Å². The van der Waals surface area contributed by atoms with Crippen molar-refractivity contribution >= 4 is 10.9 Å². The van der Waals surface area contributed by atoms with E-state index in [4.69, 9.17) is 0 Å². The maximum atomic E-state index is 4.55. The number of aryl methyl sites for hydroxylation is 2. The molecule has 2 aromatic rings. The summed E-state index contributed by atoms with van der Waals surface area (Å²) in [6.07, 6.45) is 12.7. The van der Waals surface area contributed by atoms with E-state index in [9.17, 15) is 0 Å². The van der Waals surface area contributed by atoms with Crippen LogP contribution in [-0.2, 0) is 11.8 Å². The van der Waals surface area contributed by atoms with Gasteiger partial charge in [0.2, 0.25) is 0 Å². The van der Waals surface area contributed by atoms with Crippen LogP contribution < -0.4 is 0 Å². The van der Waals surface area contributed by atoms with E-state index in [1.54, 1.807) is 16.6 Å². The van der Waals surface area contributed by atoms with E-state index in [0.717, 1.165) is 29.6 Å². The van der Waals surface area contributed by atoms with Crippen molar-refractivity contribution in [3.63, 3.8) is 0 Å². The molecule has 0 radical (unpaired) electrons. The summed E-state index contributed by atoms with van der Waals surface area (Å²) in [4.78, 5) is 4.04. The zero-order valence-corrected chi connectivity index (χ0v) is 26.6. The number of rotatable bonds is 1. The van der Waals surface area contributed by atoms with Gasteiger partial charge in [0.25, 0.3) is 0 Å². The van der Waals surface area contributed by atoms with Crippen LogP contribution in [-0.4, -0.2) is 4.98 Å². The second-order valence-electron chi connectivity index (χ2n) is 17.2. The Morgan fingerprint density at radius 3 is 2.26 bits per heavy atom. The molecule has 4 saturated carbocycles. The van der Waals surface area contributed by atoms with Crippen LogP contribution in [0.4, 0.5) is 0 Å². The molecule has 1 heterocycles. The molecule has 5 aliphatic carbocycles. The number of aromatic nitrogens is 1. The standard InChI is InChI=1S/C38H55N/c1-22(2)25-15-17-35(7)19-20-37(9)27(31(25)35)13-14-29-36(8)21-26-30-23(3)11-12-24(4)32(30)39-33(26)34(5,6)28(36)16-18-38(29,37)10/h11-12,25,27-29,31,39H,1,13-21H2,2-10H3/t25-,27+,28-,29+,31+,35+,36-,37+,38+/m0/s1. The summed E-state index contributed by atoms with van der Waals surface area (Å²) < 4.78 is 0. The average Bonchev–Trinajstić information content (AvgIpc) is 3.42. The van der Waals surface area contributed by atoms with Gasteiger partial charge < -0.3 is 4.98 Å². The molecule has 1 heteroatoms. The Kier molecular flexibility index (Phi) is 5.32. The van der Waals surface area contributed by atoms with Crippen molar-refractivity contribution in [1.82, 2.24) is 4.98 Å². The van der Waals surface area contributed by atoms with Gasteiger partial charge in [0, 0.05) is 22.0 Å². The molecule has 0 bridgehead atoms. The highest BCUT2D eigenvalue weighted by molar-refractivity contribution is 5.91. The predicted octanol–water partition coefficient (Wildman–Crippen LogP) is 10.5. The molecule has 7 rings (SSSR count). The SMILES string of the molecule is C=C(C)[C@@H]1CC[C@]2(C)CC[C@]3(C)[C@H](CC[C@@H]4[C@@]5(C)Cc6c([nH]c7c(C)ccc(C)c67)C(C)(C)[C@@H]5CC[C@]43C)[C@@H]12. The molecule has 0 aliphatic heterocycles. The van der Waals surface area contributed by atoms with Gasteiger partial charge in [-0.1, -0.05) is 65.8 Å². The lowest BCUT2D eigenvalue weighted by molar-refractivity contribution is -0.223. The monoisotopic (exact) mass is 525 g/mol. The molecule has 39 heavy (non-hydrogen) atoms. The molecule has 0 saturated heterocycles. The first-order chi connectivity index (χ1) is 18.2. The van der Waals surface area contributed by atoms with Crippen LogP contribution >= 0.6 is 0 Å². The molecule has 9 atom stereocenters. The normalized spacial score (nSPS) is 46.1. The first-order valence-corrected chi connectivity index (χ1v) is 16.5. The summed E-state index contributed by atoms with van der Waals surface area (Å²) in [5, 5.41) is 1.55. The molecule has 0 spiro atoms. The van der Waals surface area contributed by atoms with Crippen molar-refractivity contribution in [2.45, 2.75) is 126 Å². The van der Waals surface area contributed by atoms with Crippen molar-refractivity contribution in [2.75, 3.05) is 0 Å². The second kappa shape index (κ2) is 7.86. The Bertz CT molecular complexity index is 1370. The van der Waals surface area contributed by atoms with E-state index in [1.807, 2.05) is 0 Å². The topological polar surface area (TPSA) is 15.8 Å². The van der Waals surface area contributed by atoms with Gasteiger partial charge >= 0.3 is 0 Å². The molecule has 4 fully saturated rings. The lowest BCUT2D eigenvalue weighted by atomic mass is 9.32. The number of hydrogen-bond acceptors (Lipinski definition) is 0. The smallest absolute Gasteiger partial charge is 0.0491 e. The van der Waals surface area contributed by atoms with E-state index in [-0.39, 0.29) is 5.41 Å². The second-order valence-corrected chi connectivity index (χ2v) is 17.2. The largest absolute Gasteiger partial charge is 0.357 e. The molecule has 0 unspecified atom stereocenters. The Labute approximate surface area is 239 Å².